The predicted octanol–water partition coefficient (Wildman–Crippen LogP) is 3.71. The molecule has 0 spiro atoms. The van der Waals surface area contributed by atoms with Crippen LogP contribution in [0.25, 0.3) is 10.8 Å². The molecule has 3 aromatic carbocycles. The average molecular weight is 368 g/mol. The number of carbonyl (C=O) groups is 2. The third kappa shape index (κ3) is 3.81. The number of hydrogen-bond donors (Lipinski definition) is 2. The van der Waals surface area contributed by atoms with Gasteiger partial charge in [-0.25, -0.2) is 15.0 Å². The monoisotopic (exact) mass is 367 g/mol. The molecule has 26 heavy (non-hydrogen) atoms. The fraction of sp³-hybridized carbons (Fsp3) is 0. The van der Waals surface area contributed by atoms with E-state index in [1.54, 1.807) is 30.3 Å². The van der Waals surface area contributed by atoms with Gasteiger partial charge in [0.15, 0.2) is 0 Å². The Labute approximate surface area is 154 Å². The number of rotatable bonds is 4. The van der Waals surface area contributed by atoms with Crippen molar-refractivity contribution >= 4 is 40.6 Å². The third-order valence-electron chi connectivity index (χ3n) is 3.60. The van der Waals surface area contributed by atoms with Gasteiger partial charge < -0.3 is 10.5 Å². The maximum absolute atomic E-state index is 12.5. The molecule has 0 bridgehead atoms. The molecule has 6 nitrogen and oxygen atoms in total. The van der Waals surface area contributed by atoms with Crippen LogP contribution >= 0.6 is 11.6 Å². The lowest BCUT2D eigenvalue weighted by atomic mass is 10.0. The first-order valence-electron chi connectivity index (χ1n) is 7.63. The van der Waals surface area contributed by atoms with Crippen molar-refractivity contribution in [3.8, 4) is 5.75 Å². The quantitative estimate of drug-likeness (QED) is 0.318. The molecule has 0 aliphatic heterocycles. The van der Waals surface area contributed by atoms with Gasteiger partial charge in [-0.05, 0) is 29.0 Å². The summed E-state index contributed by atoms with van der Waals surface area (Å²) in [7, 11) is 0. The van der Waals surface area contributed by atoms with Gasteiger partial charge in [-0.1, -0.05) is 54.1 Å². The Morgan fingerprint density at radius 1 is 1.04 bits per heavy atom. The van der Waals surface area contributed by atoms with Crippen LogP contribution in [0.15, 0.2) is 65.8 Å². The summed E-state index contributed by atoms with van der Waals surface area (Å²) < 4.78 is 5.52. The van der Waals surface area contributed by atoms with Gasteiger partial charge in [0.1, 0.15) is 5.75 Å². The van der Waals surface area contributed by atoms with Crippen molar-refractivity contribution < 1.29 is 14.3 Å². The highest BCUT2D eigenvalue weighted by molar-refractivity contribution is 6.33. The topological polar surface area (TPSA) is 93.8 Å². The number of nitrogens with two attached hydrogens (primary N) is 1. The molecule has 0 aliphatic rings. The van der Waals surface area contributed by atoms with E-state index < -0.39 is 12.0 Å². The predicted molar refractivity (Wildman–Crippen MR) is 101 cm³/mol. The number of ether oxygens (including phenoxy) is 1. The molecule has 130 valence electrons. The smallest absolute Gasteiger partial charge is 0.345 e. The number of hydrogen-bond acceptors (Lipinski definition) is 4. The number of nitrogens with one attached hydrogen (secondary N) is 1. The lowest BCUT2D eigenvalue weighted by Crippen LogP contribution is -2.24. The van der Waals surface area contributed by atoms with Crippen LogP contribution in [0.3, 0.4) is 0 Å². The van der Waals surface area contributed by atoms with Crippen molar-refractivity contribution in [1.82, 2.24) is 5.43 Å². The van der Waals surface area contributed by atoms with Crippen LogP contribution < -0.4 is 15.9 Å². The minimum absolute atomic E-state index is 0.250. The molecule has 3 rings (SSSR count). The van der Waals surface area contributed by atoms with Crippen molar-refractivity contribution in [2.24, 2.45) is 10.8 Å². The molecular weight excluding hydrogens is 354 g/mol. The van der Waals surface area contributed by atoms with Gasteiger partial charge in [0.05, 0.1) is 16.8 Å². The van der Waals surface area contributed by atoms with Crippen LogP contribution in [-0.4, -0.2) is 18.2 Å². The number of hydrazone groups is 1. The summed E-state index contributed by atoms with van der Waals surface area (Å²) in [5.41, 5.74) is 7.92. The largest absolute Gasteiger partial charge is 0.422 e. The first kappa shape index (κ1) is 17.4. The van der Waals surface area contributed by atoms with Crippen molar-refractivity contribution in [2.75, 3.05) is 0 Å². The molecule has 3 aromatic rings. The van der Waals surface area contributed by atoms with Crippen LogP contribution in [0, 0.1) is 0 Å². The summed E-state index contributed by atoms with van der Waals surface area (Å²) >= 11 is 6.05. The van der Waals surface area contributed by atoms with Crippen LogP contribution in [0.4, 0.5) is 4.79 Å². The van der Waals surface area contributed by atoms with E-state index in [-0.39, 0.29) is 11.3 Å². The summed E-state index contributed by atoms with van der Waals surface area (Å²) in [5, 5.41) is 5.80. The van der Waals surface area contributed by atoms with Gasteiger partial charge in [0.2, 0.25) is 0 Å². The first-order chi connectivity index (χ1) is 12.6. The zero-order valence-electron chi connectivity index (χ0n) is 13.5. The number of carbonyl (C=O) groups excluding carboxylic acids is 2. The summed E-state index contributed by atoms with van der Waals surface area (Å²) in [4.78, 5) is 23.3. The SMILES string of the molecule is NC(=O)N/N=C/c1c(OC(=O)c2ccccc2Cl)ccc2ccccc12. The first-order valence-corrected chi connectivity index (χ1v) is 8.01. The Bertz CT molecular complexity index is 1020. The van der Waals surface area contributed by atoms with Crippen LogP contribution in [0.5, 0.6) is 5.75 Å². The number of primary amides is 1. The van der Waals surface area contributed by atoms with E-state index in [1.807, 2.05) is 30.3 Å². The fourth-order valence-electron chi connectivity index (χ4n) is 2.44. The van der Waals surface area contributed by atoms with Crippen LogP contribution in [-0.2, 0) is 0 Å². The van der Waals surface area contributed by atoms with E-state index in [2.05, 4.69) is 10.5 Å². The van der Waals surface area contributed by atoms with Gasteiger partial charge in [0, 0.05) is 5.56 Å². The summed E-state index contributed by atoms with van der Waals surface area (Å²) in [6, 6.07) is 16.8. The van der Waals surface area contributed by atoms with Gasteiger partial charge >= 0.3 is 12.0 Å². The summed E-state index contributed by atoms with van der Waals surface area (Å²) in [5.74, 6) is -0.313. The highest BCUT2D eigenvalue weighted by Gasteiger charge is 2.15. The molecule has 0 heterocycles. The Morgan fingerprint density at radius 3 is 2.54 bits per heavy atom. The number of benzene rings is 3. The molecule has 0 saturated heterocycles. The lowest BCUT2D eigenvalue weighted by molar-refractivity contribution is 0.0735. The lowest BCUT2D eigenvalue weighted by Gasteiger charge is -2.11. The zero-order valence-corrected chi connectivity index (χ0v) is 14.2. The molecular formula is C19H14ClN3O3. The molecule has 0 fully saturated rings. The number of esters is 1. The van der Waals surface area contributed by atoms with Crippen molar-refractivity contribution in [1.29, 1.82) is 0 Å². The molecule has 2 amide bonds. The number of fused-ring (bicyclic) bond motifs is 1. The molecule has 0 radical (unpaired) electrons. The molecule has 0 saturated carbocycles. The average Bonchev–Trinajstić information content (AvgIpc) is 2.63. The van der Waals surface area contributed by atoms with Crippen molar-refractivity contribution in [2.45, 2.75) is 0 Å². The maximum Gasteiger partial charge on any atom is 0.345 e. The Kier molecular flexibility index (Phi) is 5.15. The minimum atomic E-state index is -0.795. The number of halogens is 1. The normalized spacial score (nSPS) is 10.8. The van der Waals surface area contributed by atoms with Gasteiger partial charge in [-0.2, -0.15) is 5.10 Å². The van der Waals surface area contributed by atoms with Crippen LogP contribution in [0.2, 0.25) is 5.02 Å². The fourth-order valence-corrected chi connectivity index (χ4v) is 2.65. The molecule has 3 N–H and O–H groups in total. The minimum Gasteiger partial charge on any atom is -0.422 e. The van der Waals surface area contributed by atoms with E-state index >= 15 is 0 Å². The van der Waals surface area contributed by atoms with E-state index in [0.29, 0.717) is 10.6 Å². The summed E-state index contributed by atoms with van der Waals surface area (Å²) in [6.07, 6.45) is 1.38. The second-order valence-corrected chi connectivity index (χ2v) is 5.71. The molecule has 0 unspecified atom stereocenters. The number of amides is 2. The third-order valence-corrected chi connectivity index (χ3v) is 3.93. The number of nitrogens with zero attached hydrogens (tertiary/aromatic N) is 1. The second-order valence-electron chi connectivity index (χ2n) is 5.30. The maximum atomic E-state index is 12.5. The van der Waals surface area contributed by atoms with Gasteiger partial charge in [-0.3, -0.25) is 0 Å². The van der Waals surface area contributed by atoms with E-state index in [4.69, 9.17) is 22.1 Å². The zero-order chi connectivity index (χ0) is 18.5. The molecule has 0 aromatic heterocycles. The summed E-state index contributed by atoms with van der Waals surface area (Å²) in [6.45, 7) is 0. The molecule has 0 atom stereocenters. The van der Waals surface area contributed by atoms with Gasteiger partial charge in [-0.15, -0.1) is 0 Å². The molecule has 7 heteroatoms. The molecule has 0 aliphatic carbocycles. The Balaban J connectivity index is 2.02. The number of urea groups is 1. The van der Waals surface area contributed by atoms with E-state index in [9.17, 15) is 9.59 Å². The Hall–Kier alpha value is -3.38. The van der Waals surface area contributed by atoms with Crippen LogP contribution in [0.1, 0.15) is 15.9 Å². The highest BCUT2D eigenvalue weighted by Crippen LogP contribution is 2.28. The van der Waals surface area contributed by atoms with E-state index in [1.165, 1.54) is 6.21 Å². The second kappa shape index (κ2) is 7.67. The van der Waals surface area contributed by atoms with Crippen molar-refractivity contribution in [3.05, 3.63) is 76.8 Å². The van der Waals surface area contributed by atoms with E-state index in [0.717, 1.165) is 10.8 Å². The highest BCUT2D eigenvalue weighted by atomic mass is 35.5. The standard InChI is InChI=1S/C19H14ClN3O3/c20-16-8-4-3-7-14(16)18(24)26-17-10-9-12-5-1-2-6-13(12)15(17)11-22-23-19(21)25/h1-11H,(H3,21,23,25)/b22-11+. The van der Waals surface area contributed by atoms with Crippen molar-refractivity contribution in [3.63, 3.8) is 0 Å². The van der Waals surface area contributed by atoms with Gasteiger partial charge in [0.25, 0.3) is 0 Å². The Morgan fingerprint density at radius 2 is 1.77 bits per heavy atom.